The first-order chi connectivity index (χ1) is 13.4. The highest BCUT2D eigenvalue weighted by Gasteiger charge is 2.18. The average Bonchev–Trinajstić information content (AvgIpc) is 3.27. The maximum atomic E-state index is 12.5. The first kappa shape index (κ1) is 17.9. The molecule has 0 saturated carbocycles. The lowest BCUT2D eigenvalue weighted by atomic mass is 10.2. The van der Waals surface area contributed by atoms with Crippen LogP contribution in [0.3, 0.4) is 0 Å². The molecule has 0 aliphatic rings. The molecule has 28 heavy (non-hydrogen) atoms. The van der Waals surface area contributed by atoms with Crippen molar-refractivity contribution >= 4 is 43.6 Å². The Morgan fingerprint density at radius 1 is 1.29 bits per heavy atom. The normalized spacial score (nSPS) is 11.2. The largest absolute Gasteiger partial charge is 0.497 e. The van der Waals surface area contributed by atoms with Crippen LogP contribution in [0.4, 0.5) is 5.13 Å². The number of rotatable bonds is 4. The molecule has 0 unspecified atom stereocenters. The summed E-state index contributed by atoms with van der Waals surface area (Å²) in [6.07, 6.45) is -0.132. The number of benzene rings is 1. The molecule has 144 valence electrons. The predicted molar refractivity (Wildman–Crippen MR) is 105 cm³/mol. The van der Waals surface area contributed by atoms with E-state index in [0.717, 1.165) is 14.8 Å². The zero-order valence-electron chi connectivity index (χ0n) is 15.3. The van der Waals surface area contributed by atoms with Crippen molar-refractivity contribution in [1.82, 2.24) is 24.3 Å². The van der Waals surface area contributed by atoms with E-state index in [9.17, 15) is 14.4 Å². The Labute approximate surface area is 161 Å². The molecule has 0 saturated heterocycles. The van der Waals surface area contributed by atoms with Crippen LogP contribution < -0.4 is 21.3 Å². The van der Waals surface area contributed by atoms with Crippen molar-refractivity contribution in [2.75, 3.05) is 12.4 Å². The average molecular weight is 400 g/mol. The second-order valence-electron chi connectivity index (χ2n) is 6.18. The van der Waals surface area contributed by atoms with Gasteiger partial charge < -0.3 is 10.1 Å². The molecule has 0 spiro atoms. The van der Waals surface area contributed by atoms with Gasteiger partial charge in [-0.3, -0.25) is 23.8 Å². The van der Waals surface area contributed by atoms with Crippen LogP contribution in [0.15, 0.2) is 27.8 Å². The summed E-state index contributed by atoms with van der Waals surface area (Å²) in [6.45, 7) is 0. The van der Waals surface area contributed by atoms with Crippen molar-refractivity contribution in [2.24, 2.45) is 14.1 Å². The quantitative estimate of drug-likeness (QED) is 0.521. The number of thiazole rings is 1. The molecule has 0 aliphatic heterocycles. The van der Waals surface area contributed by atoms with E-state index in [1.165, 1.54) is 30.0 Å². The van der Waals surface area contributed by atoms with Gasteiger partial charge in [0, 0.05) is 14.1 Å². The van der Waals surface area contributed by atoms with Gasteiger partial charge >= 0.3 is 5.69 Å². The van der Waals surface area contributed by atoms with E-state index in [4.69, 9.17) is 4.74 Å². The van der Waals surface area contributed by atoms with Gasteiger partial charge in [0.05, 0.1) is 29.4 Å². The number of H-pyrrole nitrogens is 1. The van der Waals surface area contributed by atoms with E-state index >= 15 is 0 Å². The van der Waals surface area contributed by atoms with Crippen molar-refractivity contribution in [2.45, 2.75) is 6.42 Å². The molecule has 11 heteroatoms. The highest BCUT2D eigenvalue weighted by Crippen LogP contribution is 2.29. The molecule has 1 aromatic carbocycles. The van der Waals surface area contributed by atoms with Crippen molar-refractivity contribution < 1.29 is 9.53 Å². The Morgan fingerprint density at radius 3 is 2.82 bits per heavy atom. The van der Waals surface area contributed by atoms with Crippen molar-refractivity contribution in [3.8, 4) is 5.75 Å². The molecule has 4 rings (SSSR count). The number of ether oxygens (including phenoxy) is 1. The number of carbonyl (C=O) groups excluding carboxylic acids is 1. The number of anilines is 1. The molecule has 0 aliphatic carbocycles. The van der Waals surface area contributed by atoms with Gasteiger partial charge in [0.25, 0.3) is 5.56 Å². The van der Waals surface area contributed by atoms with E-state index in [2.05, 4.69) is 20.5 Å². The summed E-state index contributed by atoms with van der Waals surface area (Å²) in [5, 5.41) is 10.1. The summed E-state index contributed by atoms with van der Waals surface area (Å²) in [5.74, 6) is 0.341. The molecule has 2 N–H and O–H groups in total. The van der Waals surface area contributed by atoms with Gasteiger partial charge in [-0.05, 0) is 18.2 Å². The summed E-state index contributed by atoms with van der Waals surface area (Å²) in [4.78, 5) is 41.3. The lowest BCUT2D eigenvalue weighted by Crippen LogP contribution is -2.37. The molecule has 0 radical (unpaired) electrons. The number of aromatic amines is 1. The van der Waals surface area contributed by atoms with Gasteiger partial charge in [-0.15, -0.1) is 0 Å². The number of aryl methyl sites for hydroxylation is 1. The maximum absolute atomic E-state index is 12.5. The first-order valence-corrected chi connectivity index (χ1v) is 9.08. The lowest BCUT2D eigenvalue weighted by molar-refractivity contribution is -0.115. The minimum Gasteiger partial charge on any atom is -0.497 e. The van der Waals surface area contributed by atoms with Crippen LogP contribution in [0.1, 0.15) is 5.69 Å². The van der Waals surface area contributed by atoms with Gasteiger partial charge in [-0.2, -0.15) is 5.10 Å². The summed E-state index contributed by atoms with van der Waals surface area (Å²) >= 11 is 1.32. The van der Waals surface area contributed by atoms with E-state index in [0.29, 0.717) is 10.9 Å². The van der Waals surface area contributed by atoms with E-state index in [1.54, 1.807) is 13.2 Å². The third-order valence-electron chi connectivity index (χ3n) is 4.42. The van der Waals surface area contributed by atoms with Gasteiger partial charge in [-0.25, -0.2) is 9.78 Å². The number of nitrogens with one attached hydrogen (secondary N) is 2. The number of methoxy groups -OCH3 is 1. The van der Waals surface area contributed by atoms with E-state index in [-0.39, 0.29) is 29.1 Å². The Hall–Kier alpha value is -3.47. The van der Waals surface area contributed by atoms with E-state index in [1.807, 2.05) is 12.1 Å². The molecule has 1 amide bonds. The van der Waals surface area contributed by atoms with Gasteiger partial charge in [0.1, 0.15) is 16.8 Å². The fraction of sp³-hybridized carbons (Fsp3) is 0.235. The summed E-state index contributed by atoms with van der Waals surface area (Å²) in [6, 6.07) is 5.45. The topological polar surface area (TPSA) is 124 Å². The molecular weight excluding hydrogens is 384 g/mol. The van der Waals surface area contributed by atoms with Crippen LogP contribution in [-0.4, -0.2) is 37.3 Å². The van der Waals surface area contributed by atoms with Gasteiger partial charge in [0.15, 0.2) is 5.13 Å². The molecule has 4 aromatic rings. The molecule has 0 atom stereocenters. The van der Waals surface area contributed by atoms with Gasteiger partial charge in [0.2, 0.25) is 5.91 Å². The number of nitrogens with zero attached hydrogens (tertiary/aromatic N) is 4. The smallest absolute Gasteiger partial charge is 0.332 e. The van der Waals surface area contributed by atoms with Crippen LogP contribution in [0.5, 0.6) is 5.75 Å². The minimum atomic E-state index is -0.498. The monoisotopic (exact) mass is 400 g/mol. The van der Waals surface area contributed by atoms with Crippen LogP contribution in [0.2, 0.25) is 0 Å². The molecule has 10 nitrogen and oxygen atoms in total. The zero-order chi connectivity index (χ0) is 20.0. The highest BCUT2D eigenvalue weighted by molar-refractivity contribution is 7.22. The number of fused-ring (bicyclic) bond motifs is 2. The Balaban J connectivity index is 1.62. The molecule has 0 fully saturated rings. The van der Waals surface area contributed by atoms with Crippen LogP contribution in [0.25, 0.3) is 21.3 Å². The Bertz CT molecular complexity index is 1350. The standard InChI is InChI=1S/C17H16N6O4S/c1-22-14-13(15(25)23(2)17(22)26)10(20-21-14)7-12(24)19-16-18-9-5-4-8(27-3)6-11(9)28-16/h4-6H,7H2,1-3H3,(H,20,21)(H,18,19,24). The second-order valence-corrected chi connectivity index (χ2v) is 7.21. The van der Waals surface area contributed by atoms with Crippen LogP contribution in [-0.2, 0) is 25.3 Å². The Kier molecular flexibility index (Phi) is 4.23. The van der Waals surface area contributed by atoms with Crippen LogP contribution in [0, 0.1) is 0 Å². The zero-order valence-corrected chi connectivity index (χ0v) is 16.1. The molecule has 3 heterocycles. The second kappa shape index (κ2) is 6.60. The maximum Gasteiger partial charge on any atom is 0.332 e. The van der Waals surface area contributed by atoms with Crippen LogP contribution >= 0.6 is 11.3 Å². The predicted octanol–water partition coefficient (Wildman–Crippen LogP) is 0.760. The summed E-state index contributed by atoms with van der Waals surface area (Å²) in [5.41, 5.74) is 0.327. The number of aromatic nitrogens is 5. The van der Waals surface area contributed by atoms with E-state index < -0.39 is 11.2 Å². The SMILES string of the molecule is COc1ccc2nc(NC(=O)Cc3n[nH]c4c3c(=O)n(C)c(=O)n4C)sc2c1. The number of hydrogen-bond acceptors (Lipinski definition) is 7. The minimum absolute atomic E-state index is 0.132. The van der Waals surface area contributed by atoms with Gasteiger partial charge in [-0.1, -0.05) is 11.3 Å². The fourth-order valence-corrected chi connectivity index (χ4v) is 3.85. The summed E-state index contributed by atoms with van der Waals surface area (Å²) < 4.78 is 8.34. The molecule has 3 aromatic heterocycles. The Morgan fingerprint density at radius 2 is 2.07 bits per heavy atom. The van der Waals surface area contributed by atoms with Crippen molar-refractivity contribution in [3.05, 3.63) is 44.7 Å². The third kappa shape index (κ3) is 2.85. The third-order valence-corrected chi connectivity index (χ3v) is 5.35. The lowest BCUT2D eigenvalue weighted by Gasteiger charge is -2.03. The molecular formula is C17H16N6O4S. The number of amides is 1. The first-order valence-electron chi connectivity index (χ1n) is 8.26. The van der Waals surface area contributed by atoms with Crippen molar-refractivity contribution in [3.63, 3.8) is 0 Å². The molecule has 0 bridgehead atoms. The highest BCUT2D eigenvalue weighted by atomic mass is 32.1. The summed E-state index contributed by atoms with van der Waals surface area (Å²) in [7, 11) is 4.50. The van der Waals surface area contributed by atoms with Crippen molar-refractivity contribution in [1.29, 1.82) is 0 Å². The number of carbonyl (C=O) groups is 1. The fourth-order valence-electron chi connectivity index (χ4n) is 2.94. The number of hydrogen-bond donors (Lipinski definition) is 2.